The molecular weight excluding hydrogens is 308 g/mol. The highest BCUT2D eigenvalue weighted by molar-refractivity contribution is 5.28. The molecule has 0 aliphatic carbocycles. The van der Waals surface area contributed by atoms with Crippen LogP contribution in [0.3, 0.4) is 0 Å². The molecule has 8 heteroatoms. The van der Waals surface area contributed by atoms with E-state index in [1.54, 1.807) is 12.1 Å². The third kappa shape index (κ3) is 4.18. The minimum absolute atomic E-state index is 0.0238. The zero-order chi connectivity index (χ0) is 17.0. The molecule has 6 N–H and O–H groups in total. The van der Waals surface area contributed by atoms with Gasteiger partial charge >= 0.3 is 0 Å². The minimum Gasteiger partial charge on any atom is -0.508 e. The molecule has 1 fully saturated rings. The molecule has 0 radical (unpaired) electrons. The van der Waals surface area contributed by atoms with Crippen LogP contribution in [0.2, 0.25) is 0 Å². The second-order valence-corrected chi connectivity index (χ2v) is 5.50. The first-order valence-electron chi connectivity index (χ1n) is 7.29. The molecule has 2 rings (SSSR count). The van der Waals surface area contributed by atoms with Gasteiger partial charge < -0.3 is 40.1 Å². The van der Waals surface area contributed by atoms with Crippen molar-refractivity contribution in [3.05, 3.63) is 29.8 Å². The quantitative estimate of drug-likeness (QED) is 0.362. The molecule has 6 atom stereocenters. The van der Waals surface area contributed by atoms with E-state index >= 15 is 0 Å². The van der Waals surface area contributed by atoms with Crippen LogP contribution in [0, 0.1) is 0 Å². The average molecular weight is 330 g/mol. The summed E-state index contributed by atoms with van der Waals surface area (Å²) >= 11 is 0. The predicted octanol–water partition coefficient (Wildman–Crippen LogP) is -1.72. The van der Waals surface area contributed by atoms with Crippen molar-refractivity contribution in [2.45, 2.75) is 36.6 Å². The second kappa shape index (κ2) is 8.02. The maximum absolute atomic E-state index is 9.88. The molecule has 0 bridgehead atoms. The normalized spacial score (nSPS) is 32.7. The fourth-order valence-electron chi connectivity index (χ4n) is 2.42. The summed E-state index contributed by atoms with van der Waals surface area (Å²) in [4.78, 5) is 0. The van der Waals surface area contributed by atoms with E-state index < -0.39 is 43.2 Å². The SMILES string of the molecule is OC[C@H](CO[C@@H]1O[C@H](CO)[C@@H](O)[C@H](O)[C@H]1O)c1ccc(O)cc1. The Hall–Kier alpha value is -1.26. The molecule has 1 aromatic carbocycles. The van der Waals surface area contributed by atoms with Gasteiger partial charge in [0, 0.05) is 5.92 Å². The summed E-state index contributed by atoms with van der Waals surface area (Å²) in [6.07, 6.45) is -6.71. The number of aromatic hydroxyl groups is 1. The Bertz CT molecular complexity index is 477. The second-order valence-electron chi connectivity index (χ2n) is 5.50. The summed E-state index contributed by atoms with van der Waals surface area (Å²) in [5, 5.41) is 57.1. The highest BCUT2D eigenvalue weighted by Crippen LogP contribution is 2.24. The standard InChI is InChI=1S/C15H22O8/c16-5-9(8-1-3-10(18)4-2-8)7-22-15-14(21)13(20)12(19)11(6-17)23-15/h1-4,9,11-21H,5-7H2/t9-,11-,12-,13+,14-,15-/m1/s1. The molecule has 1 saturated heterocycles. The first-order valence-corrected chi connectivity index (χ1v) is 7.29. The van der Waals surface area contributed by atoms with Gasteiger partial charge in [0.25, 0.3) is 0 Å². The summed E-state index contributed by atoms with van der Waals surface area (Å²) in [5.74, 6) is -0.330. The van der Waals surface area contributed by atoms with Crippen molar-refractivity contribution in [3.63, 3.8) is 0 Å². The van der Waals surface area contributed by atoms with Gasteiger partial charge in [0.05, 0.1) is 19.8 Å². The van der Waals surface area contributed by atoms with Crippen LogP contribution in [0.15, 0.2) is 24.3 Å². The van der Waals surface area contributed by atoms with E-state index in [0.29, 0.717) is 0 Å². The fourth-order valence-corrected chi connectivity index (χ4v) is 2.42. The van der Waals surface area contributed by atoms with Crippen LogP contribution >= 0.6 is 0 Å². The molecule has 1 heterocycles. The van der Waals surface area contributed by atoms with Gasteiger partial charge in [-0.05, 0) is 17.7 Å². The predicted molar refractivity (Wildman–Crippen MR) is 77.7 cm³/mol. The topological polar surface area (TPSA) is 140 Å². The van der Waals surface area contributed by atoms with Gasteiger partial charge in [-0.25, -0.2) is 0 Å². The summed E-state index contributed by atoms with van der Waals surface area (Å²) in [6, 6.07) is 6.22. The number of benzene rings is 1. The minimum atomic E-state index is -1.51. The first-order chi connectivity index (χ1) is 11.0. The molecule has 1 aromatic rings. The van der Waals surface area contributed by atoms with Crippen LogP contribution in [0.4, 0.5) is 0 Å². The van der Waals surface area contributed by atoms with Crippen LogP contribution in [0.1, 0.15) is 11.5 Å². The van der Waals surface area contributed by atoms with Crippen molar-refractivity contribution in [2.24, 2.45) is 0 Å². The number of phenols is 1. The van der Waals surface area contributed by atoms with E-state index in [-0.39, 0.29) is 19.0 Å². The van der Waals surface area contributed by atoms with Crippen molar-refractivity contribution in [1.29, 1.82) is 0 Å². The van der Waals surface area contributed by atoms with E-state index in [9.17, 15) is 25.5 Å². The van der Waals surface area contributed by atoms with Gasteiger partial charge in [0.15, 0.2) is 6.29 Å². The number of hydrogen-bond donors (Lipinski definition) is 6. The lowest BCUT2D eigenvalue weighted by Gasteiger charge is -2.39. The summed E-state index contributed by atoms with van der Waals surface area (Å²) in [5.41, 5.74) is 0.717. The van der Waals surface area contributed by atoms with Crippen molar-refractivity contribution < 1.29 is 40.1 Å². The zero-order valence-electron chi connectivity index (χ0n) is 12.4. The van der Waals surface area contributed by atoms with Crippen LogP contribution in [-0.2, 0) is 9.47 Å². The van der Waals surface area contributed by atoms with Gasteiger partial charge in [-0.1, -0.05) is 12.1 Å². The molecule has 1 aliphatic rings. The van der Waals surface area contributed by atoms with Crippen molar-refractivity contribution in [3.8, 4) is 5.75 Å². The molecule has 0 unspecified atom stereocenters. The van der Waals surface area contributed by atoms with Gasteiger partial charge in [0.2, 0.25) is 0 Å². The number of hydrogen-bond acceptors (Lipinski definition) is 8. The first kappa shape index (κ1) is 18.1. The molecule has 0 saturated carbocycles. The van der Waals surface area contributed by atoms with Crippen molar-refractivity contribution >= 4 is 0 Å². The van der Waals surface area contributed by atoms with Crippen LogP contribution in [0.25, 0.3) is 0 Å². The Kier molecular flexibility index (Phi) is 6.31. The molecule has 130 valence electrons. The maximum Gasteiger partial charge on any atom is 0.186 e. The summed E-state index contributed by atoms with van der Waals surface area (Å²) in [6.45, 7) is -0.793. The smallest absolute Gasteiger partial charge is 0.186 e. The molecule has 1 aliphatic heterocycles. The number of aliphatic hydroxyl groups is 5. The molecule has 0 spiro atoms. The van der Waals surface area contributed by atoms with E-state index in [1.807, 2.05) is 0 Å². The van der Waals surface area contributed by atoms with Gasteiger partial charge in [-0.3, -0.25) is 0 Å². The third-order valence-electron chi connectivity index (χ3n) is 3.90. The van der Waals surface area contributed by atoms with E-state index in [1.165, 1.54) is 12.1 Å². The lowest BCUT2D eigenvalue weighted by atomic mass is 9.98. The Morgan fingerprint density at radius 2 is 1.65 bits per heavy atom. The molecule has 0 aromatic heterocycles. The number of phenolic OH excluding ortho intramolecular Hbond substituents is 1. The highest BCUT2D eigenvalue weighted by Gasteiger charge is 2.44. The van der Waals surface area contributed by atoms with Crippen molar-refractivity contribution in [2.75, 3.05) is 19.8 Å². The van der Waals surface area contributed by atoms with Crippen LogP contribution < -0.4 is 0 Å². The van der Waals surface area contributed by atoms with Gasteiger partial charge in [-0.2, -0.15) is 0 Å². The zero-order valence-corrected chi connectivity index (χ0v) is 12.4. The molecular formula is C15H22O8. The Balaban J connectivity index is 1.98. The van der Waals surface area contributed by atoms with Crippen molar-refractivity contribution in [1.82, 2.24) is 0 Å². The maximum atomic E-state index is 9.88. The average Bonchev–Trinajstić information content (AvgIpc) is 2.56. The lowest BCUT2D eigenvalue weighted by molar-refractivity contribution is -0.302. The lowest BCUT2D eigenvalue weighted by Crippen LogP contribution is -2.59. The van der Waals surface area contributed by atoms with Crippen LogP contribution in [-0.4, -0.2) is 81.2 Å². The van der Waals surface area contributed by atoms with E-state index in [2.05, 4.69) is 0 Å². The molecule has 0 amide bonds. The highest BCUT2D eigenvalue weighted by atomic mass is 16.7. The number of rotatable bonds is 6. The molecule has 8 nitrogen and oxygen atoms in total. The van der Waals surface area contributed by atoms with E-state index in [0.717, 1.165) is 5.56 Å². The van der Waals surface area contributed by atoms with Gasteiger partial charge in [0.1, 0.15) is 30.2 Å². The fraction of sp³-hybridized carbons (Fsp3) is 0.600. The van der Waals surface area contributed by atoms with Crippen LogP contribution in [0.5, 0.6) is 5.75 Å². The summed E-state index contributed by atoms with van der Waals surface area (Å²) in [7, 11) is 0. The largest absolute Gasteiger partial charge is 0.508 e. The molecule has 23 heavy (non-hydrogen) atoms. The Morgan fingerprint density at radius 3 is 2.22 bits per heavy atom. The third-order valence-corrected chi connectivity index (χ3v) is 3.90. The Labute approximate surface area is 133 Å². The van der Waals surface area contributed by atoms with Gasteiger partial charge in [-0.15, -0.1) is 0 Å². The Morgan fingerprint density at radius 1 is 1.00 bits per heavy atom. The number of aliphatic hydroxyl groups excluding tert-OH is 5. The summed E-state index contributed by atoms with van der Waals surface area (Å²) < 4.78 is 10.6. The number of ether oxygens (including phenoxy) is 2. The van der Waals surface area contributed by atoms with E-state index in [4.69, 9.17) is 14.6 Å². The monoisotopic (exact) mass is 330 g/mol.